The third-order valence-corrected chi connectivity index (χ3v) is 5.15. The number of imidazole rings is 1. The standard InChI is InChI=1S/C23H15N5O/c1-14-15(12-24)3-2-4-17(14)22-18(11-19-20(29)7-8-26-23(19)27-22)16-5-6-21-25-9-10-28(21)13-16/h2-11,13H,1H3,(H,26,27,29). The van der Waals surface area contributed by atoms with Crippen molar-refractivity contribution in [1.29, 1.82) is 5.26 Å². The average molecular weight is 377 g/mol. The molecule has 0 amide bonds. The van der Waals surface area contributed by atoms with Gasteiger partial charge in [0.05, 0.1) is 22.7 Å². The second-order valence-electron chi connectivity index (χ2n) is 6.82. The van der Waals surface area contributed by atoms with Crippen LogP contribution < -0.4 is 5.43 Å². The molecule has 0 atom stereocenters. The molecule has 29 heavy (non-hydrogen) atoms. The van der Waals surface area contributed by atoms with E-state index in [1.165, 1.54) is 6.07 Å². The van der Waals surface area contributed by atoms with Crippen LogP contribution in [0.3, 0.4) is 0 Å². The normalized spacial score (nSPS) is 11.0. The minimum absolute atomic E-state index is 0.0924. The Morgan fingerprint density at radius 3 is 2.90 bits per heavy atom. The first-order chi connectivity index (χ1) is 14.2. The zero-order chi connectivity index (χ0) is 20.0. The number of fused-ring (bicyclic) bond motifs is 2. The summed E-state index contributed by atoms with van der Waals surface area (Å²) in [4.78, 5) is 24.6. The van der Waals surface area contributed by atoms with Crippen molar-refractivity contribution in [3.8, 4) is 28.5 Å². The van der Waals surface area contributed by atoms with Crippen molar-refractivity contribution in [2.45, 2.75) is 6.92 Å². The van der Waals surface area contributed by atoms with E-state index in [2.05, 4.69) is 16.0 Å². The van der Waals surface area contributed by atoms with E-state index in [0.29, 0.717) is 22.3 Å². The van der Waals surface area contributed by atoms with Crippen LogP contribution in [0.15, 0.2) is 72.0 Å². The Morgan fingerprint density at radius 1 is 1.14 bits per heavy atom. The lowest BCUT2D eigenvalue weighted by atomic mass is 9.94. The van der Waals surface area contributed by atoms with Crippen LogP contribution in [0.25, 0.3) is 39.1 Å². The van der Waals surface area contributed by atoms with Gasteiger partial charge in [-0.15, -0.1) is 0 Å². The van der Waals surface area contributed by atoms with Gasteiger partial charge in [-0.2, -0.15) is 5.26 Å². The fourth-order valence-corrected chi connectivity index (χ4v) is 3.62. The number of hydrogen-bond acceptors (Lipinski definition) is 4. The molecule has 1 N–H and O–H groups in total. The Bertz CT molecular complexity index is 1500. The molecule has 6 nitrogen and oxygen atoms in total. The summed E-state index contributed by atoms with van der Waals surface area (Å²) in [5.74, 6) is 0. The highest BCUT2D eigenvalue weighted by molar-refractivity contribution is 5.91. The van der Waals surface area contributed by atoms with Crippen LogP contribution in [0.1, 0.15) is 11.1 Å². The number of pyridine rings is 3. The van der Waals surface area contributed by atoms with Gasteiger partial charge in [-0.3, -0.25) is 4.79 Å². The molecule has 0 fully saturated rings. The van der Waals surface area contributed by atoms with E-state index in [-0.39, 0.29) is 5.43 Å². The quantitative estimate of drug-likeness (QED) is 0.502. The molecular weight excluding hydrogens is 362 g/mol. The first kappa shape index (κ1) is 16.9. The monoisotopic (exact) mass is 377 g/mol. The van der Waals surface area contributed by atoms with Crippen molar-refractivity contribution >= 4 is 16.7 Å². The molecule has 6 heteroatoms. The van der Waals surface area contributed by atoms with Gasteiger partial charge in [0.2, 0.25) is 0 Å². The van der Waals surface area contributed by atoms with Gasteiger partial charge >= 0.3 is 0 Å². The zero-order valence-corrected chi connectivity index (χ0v) is 15.5. The lowest BCUT2D eigenvalue weighted by Crippen LogP contribution is -2.04. The predicted molar refractivity (Wildman–Crippen MR) is 111 cm³/mol. The van der Waals surface area contributed by atoms with Crippen LogP contribution in [-0.4, -0.2) is 19.4 Å². The smallest absolute Gasteiger partial charge is 0.191 e. The number of rotatable bonds is 2. The summed E-state index contributed by atoms with van der Waals surface area (Å²) in [6.07, 6.45) is 7.18. The molecule has 138 valence electrons. The summed E-state index contributed by atoms with van der Waals surface area (Å²) < 4.78 is 1.93. The summed E-state index contributed by atoms with van der Waals surface area (Å²) in [6, 6.07) is 15.1. The van der Waals surface area contributed by atoms with Gasteiger partial charge < -0.3 is 9.38 Å². The molecule has 0 aliphatic heterocycles. The fraction of sp³-hybridized carbons (Fsp3) is 0.0435. The van der Waals surface area contributed by atoms with E-state index in [1.807, 2.05) is 54.0 Å². The van der Waals surface area contributed by atoms with Crippen LogP contribution in [0.2, 0.25) is 0 Å². The number of aromatic nitrogens is 4. The molecule has 5 rings (SSSR count). The summed E-state index contributed by atoms with van der Waals surface area (Å²) in [5.41, 5.74) is 6.02. The Hall–Kier alpha value is -4.24. The minimum atomic E-state index is -0.0924. The van der Waals surface area contributed by atoms with Gasteiger partial charge in [0.15, 0.2) is 5.43 Å². The highest BCUT2D eigenvalue weighted by Gasteiger charge is 2.16. The maximum atomic E-state index is 12.4. The van der Waals surface area contributed by atoms with Gasteiger partial charge in [0.1, 0.15) is 11.3 Å². The van der Waals surface area contributed by atoms with Crippen LogP contribution in [0, 0.1) is 18.3 Å². The first-order valence-electron chi connectivity index (χ1n) is 9.11. The lowest BCUT2D eigenvalue weighted by Gasteiger charge is -2.14. The second-order valence-corrected chi connectivity index (χ2v) is 6.82. The minimum Gasteiger partial charge on any atom is -0.346 e. The molecule has 0 saturated carbocycles. The predicted octanol–water partition coefficient (Wildman–Crippen LogP) is 4.08. The highest BCUT2D eigenvalue weighted by atomic mass is 16.1. The SMILES string of the molecule is Cc1c(C#N)cccc1-c1nc2[nH]ccc(=O)c2cc1-c1ccc2nccn2c1. The van der Waals surface area contributed by atoms with Crippen LogP contribution in [-0.2, 0) is 0 Å². The van der Waals surface area contributed by atoms with E-state index in [4.69, 9.17) is 4.98 Å². The van der Waals surface area contributed by atoms with Crippen LogP contribution in [0.5, 0.6) is 0 Å². The molecule has 0 unspecified atom stereocenters. The molecule has 0 aliphatic rings. The Morgan fingerprint density at radius 2 is 2.03 bits per heavy atom. The zero-order valence-electron chi connectivity index (χ0n) is 15.5. The third-order valence-electron chi connectivity index (χ3n) is 5.15. The fourth-order valence-electron chi connectivity index (χ4n) is 3.62. The van der Waals surface area contributed by atoms with Crippen molar-refractivity contribution in [3.05, 3.63) is 88.6 Å². The van der Waals surface area contributed by atoms with Crippen molar-refractivity contribution in [3.63, 3.8) is 0 Å². The second kappa shape index (κ2) is 6.43. The Labute approximate surface area is 165 Å². The molecule has 0 aliphatic carbocycles. The number of hydrogen-bond donors (Lipinski definition) is 1. The number of aromatic amines is 1. The maximum Gasteiger partial charge on any atom is 0.191 e. The molecule has 0 bridgehead atoms. The van der Waals surface area contributed by atoms with Crippen molar-refractivity contribution < 1.29 is 0 Å². The number of nitrogens with one attached hydrogen (secondary N) is 1. The first-order valence-corrected chi connectivity index (χ1v) is 9.11. The third kappa shape index (κ3) is 2.68. The Kier molecular flexibility index (Phi) is 3.75. The van der Waals surface area contributed by atoms with E-state index >= 15 is 0 Å². The molecule has 0 radical (unpaired) electrons. The van der Waals surface area contributed by atoms with Crippen LogP contribution in [0.4, 0.5) is 0 Å². The Balaban J connectivity index is 1.88. The van der Waals surface area contributed by atoms with Crippen molar-refractivity contribution in [2.75, 3.05) is 0 Å². The van der Waals surface area contributed by atoms with E-state index < -0.39 is 0 Å². The van der Waals surface area contributed by atoms with Gasteiger partial charge in [0.25, 0.3) is 0 Å². The van der Waals surface area contributed by atoms with Crippen molar-refractivity contribution in [1.82, 2.24) is 19.4 Å². The molecule has 4 heterocycles. The summed E-state index contributed by atoms with van der Waals surface area (Å²) in [6.45, 7) is 1.91. The maximum absolute atomic E-state index is 12.4. The van der Waals surface area contributed by atoms with Gasteiger partial charge in [-0.25, -0.2) is 9.97 Å². The number of H-pyrrole nitrogens is 1. The molecule has 1 aromatic carbocycles. The van der Waals surface area contributed by atoms with Gasteiger partial charge in [-0.05, 0) is 36.8 Å². The lowest BCUT2D eigenvalue weighted by molar-refractivity contribution is 1.18. The van der Waals surface area contributed by atoms with E-state index in [1.54, 1.807) is 18.5 Å². The number of nitriles is 1. The van der Waals surface area contributed by atoms with E-state index in [0.717, 1.165) is 27.9 Å². The molecular formula is C23H15N5O. The number of benzene rings is 1. The summed E-state index contributed by atoms with van der Waals surface area (Å²) in [7, 11) is 0. The topological polar surface area (TPSA) is 86.8 Å². The molecule has 0 spiro atoms. The molecule has 4 aromatic heterocycles. The highest BCUT2D eigenvalue weighted by Crippen LogP contribution is 2.34. The van der Waals surface area contributed by atoms with E-state index in [9.17, 15) is 10.1 Å². The molecule has 0 saturated heterocycles. The number of nitrogens with zero attached hydrogens (tertiary/aromatic N) is 4. The van der Waals surface area contributed by atoms with Crippen molar-refractivity contribution in [2.24, 2.45) is 0 Å². The largest absolute Gasteiger partial charge is 0.346 e. The van der Waals surface area contributed by atoms with Crippen LogP contribution >= 0.6 is 0 Å². The molecule has 5 aromatic rings. The average Bonchev–Trinajstić information content (AvgIpc) is 3.21. The van der Waals surface area contributed by atoms with Gasteiger partial charge in [0, 0.05) is 47.5 Å². The van der Waals surface area contributed by atoms with Gasteiger partial charge in [-0.1, -0.05) is 12.1 Å². The summed E-state index contributed by atoms with van der Waals surface area (Å²) in [5, 5.41) is 9.97. The summed E-state index contributed by atoms with van der Waals surface area (Å²) >= 11 is 0.